The van der Waals surface area contributed by atoms with E-state index in [1.165, 1.54) is 0 Å². The molecule has 30 heavy (non-hydrogen) atoms. The standard InChI is InChI=1S/C22H30N8/c1-9-5-12(7-16(25)19(9)27)18-10(2)20(28)11(6-15(18)24)3-4-13-14(23)8-17(26)22(30)21(13)29/h5-8H,3-4,23-30H2,1-2H3. The van der Waals surface area contributed by atoms with E-state index in [1.807, 2.05) is 32.0 Å². The molecule has 0 saturated carbocycles. The molecule has 8 heteroatoms. The maximum atomic E-state index is 6.47. The molecule has 0 aromatic heterocycles. The van der Waals surface area contributed by atoms with Crippen LogP contribution in [0.4, 0.5) is 45.5 Å². The van der Waals surface area contributed by atoms with E-state index in [9.17, 15) is 0 Å². The van der Waals surface area contributed by atoms with Crippen LogP contribution in [0.25, 0.3) is 11.1 Å². The number of rotatable bonds is 4. The second-order valence-electron chi connectivity index (χ2n) is 7.70. The Morgan fingerprint density at radius 2 is 1.20 bits per heavy atom. The lowest BCUT2D eigenvalue weighted by Crippen LogP contribution is -2.09. The normalized spacial score (nSPS) is 11.0. The molecule has 16 N–H and O–H groups in total. The molecule has 0 atom stereocenters. The number of benzene rings is 3. The van der Waals surface area contributed by atoms with Crippen LogP contribution in [0, 0.1) is 13.8 Å². The highest BCUT2D eigenvalue weighted by molar-refractivity contribution is 5.89. The van der Waals surface area contributed by atoms with Crippen molar-refractivity contribution < 1.29 is 0 Å². The summed E-state index contributed by atoms with van der Waals surface area (Å²) in [6.07, 6.45) is 1.15. The van der Waals surface area contributed by atoms with E-state index in [0.29, 0.717) is 58.3 Å². The first-order valence-electron chi connectivity index (χ1n) is 9.58. The van der Waals surface area contributed by atoms with E-state index in [-0.39, 0.29) is 0 Å². The first kappa shape index (κ1) is 20.8. The van der Waals surface area contributed by atoms with Crippen molar-refractivity contribution in [2.24, 2.45) is 0 Å². The fraction of sp³-hybridized carbons (Fsp3) is 0.182. The lowest BCUT2D eigenvalue weighted by Gasteiger charge is -2.19. The Morgan fingerprint density at radius 3 is 1.83 bits per heavy atom. The average Bonchev–Trinajstić information content (AvgIpc) is 2.67. The van der Waals surface area contributed by atoms with Gasteiger partial charge in [0, 0.05) is 28.2 Å². The van der Waals surface area contributed by atoms with Crippen LogP contribution in [-0.2, 0) is 12.8 Å². The van der Waals surface area contributed by atoms with Gasteiger partial charge in [-0.25, -0.2) is 0 Å². The zero-order valence-corrected chi connectivity index (χ0v) is 17.3. The van der Waals surface area contributed by atoms with E-state index in [4.69, 9.17) is 45.9 Å². The molecule has 0 aliphatic carbocycles. The van der Waals surface area contributed by atoms with Gasteiger partial charge >= 0.3 is 0 Å². The summed E-state index contributed by atoms with van der Waals surface area (Å²) in [7, 11) is 0. The van der Waals surface area contributed by atoms with Gasteiger partial charge in [0.1, 0.15) is 0 Å². The van der Waals surface area contributed by atoms with Crippen LogP contribution in [-0.4, -0.2) is 0 Å². The molecule has 3 aromatic rings. The summed E-state index contributed by atoms with van der Waals surface area (Å²) in [6.45, 7) is 3.85. The number of nitrogens with two attached hydrogens (primary N) is 8. The van der Waals surface area contributed by atoms with Crippen LogP contribution in [0.5, 0.6) is 0 Å². The fourth-order valence-electron chi connectivity index (χ4n) is 3.83. The van der Waals surface area contributed by atoms with Crippen molar-refractivity contribution in [2.75, 3.05) is 45.9 Å². The summed E-state index contributed by atoms with van der Waals surface area (Å²) < 4.78 is 0. The van der Waals surface area contributed by atoms with Gasteiger partial charge in [0.05, 0.1) is 28.4 Å². The molecule has 8 nitrogen and oxygen atoms in total. The quantitative estimate of drug-likeness (QED) is 0.301. The van der Waals surface area contributed by atoms with Gasteiger partial charge in [0.15, 0.2) is 0 Å². The predicted molar refractivity (Wildman–Crippen MR) is 131 cm³/mol. The van der Waals surface area contributed by atoms with Crippen molar-refractivity contribution in [3.05, 3.63) is 46.5 Å². The van der Waals surface area contributed by atoms with Crippen molar-refractivity contribution in [3.63, 3.8) is 0 Å². The molecule has 0 fully saturated rings. The van der Waals surface area contributed by atoms with Crippen molar-refractivity contribution in [1.29, 1.82) is 0 Å². The molecule has 3 rings (SSSR count). The second-order valence-corrected chi connectivity index (χ2v) is 7.70. The maximum Gasteiger partial charge on any atom is 0.0785 e. The van der Waals surface area contributed by atoms with Gasteiger partial charge in [-0.2, -0.15) is 0 Å². The highest BCUT2D eigenvalue weighted by atomic mass is 14.8. The Morgan fingerprint density at radius 1 is 0.567 bits per heavy atom. The largest absolute Gasteiger partial charge is 0.398 e. The zero-order chi connectivity index (χ0) is 22.3. The molecular formula is C22H30N8. The summed E-state index contributed by atoms with van der Waals surface area (Å²) in [4.78, 5) is 0. The Hall–Kier alpha value is -3.94. The average molecular weight is 407 g/mol. The summed E-state index contributed by atoms with van der Waals surface area (Å²) in [5, 5.41) is 0. The Bertz CT molecular complexity index is 1130. The highest BCUT2D eigenvalue weighted by Crippen LogP contribution is 2.39. The van der Waals surface area contributed by atoms with Crippen LogP contribution in [0.15, 0.2) is 24.3 Å². The van der Waals surface area contributed by atoms with E-state index in [0.717, 1.165) is 33.4 Å². The van der Waals surface area contributed by atoms with Crippen molar-refractivity contribution in [3.8, 4) is 11.1 Å². The number of hydrogen-bond donors (Lipinski definition) is 8. The first-order chi connectivity index (χ1) is 14.0. The van der Waals surface area contributed by atoms with Crippen LogP contribution >= 0.6 is 0 Å². The minimum absolute atomic E-state index is 0.342. The Balaban J connectivity index is 2.00. The summed E-state index contributed by atoms with van der Waals surface area (Å²) in [6, 6.07) is 7.29. The van der Waals surface area contributed by atoms with Crippen LogP contribution in [0.1, 0.15) is 22.3 Å². The van der Waals surface area contributed by atoms with E-state index >= 15 is 0 Å². The SMILES string of the molecule is Cc1cc(-c2c(N)cc(CCc3c(N)cc(N)c(N)c3N)c(N)c2C)cc(N)c1N. The van der Waals surface area contributed by atoms with E-state index in [1.54, 1.807) is 6.07 Å². The lowest BCUT2D eigenvalue weighted by molar-refractivity contribution is 0.968. The predicted octanol–water partition coefficient (Wildman–Crippen LogP) is 2.41. The first-order valence-corrected chi connectivity index (χ1v) is 9.58. The molecule has 158 valence electrons. The van der Waals surface area contributed by atoms with Gasteiger partial charge in [-0.1, -0.05) is 0 Å². The minimum atomic E-state index is 0.342. The Kier molecular flexibility index (Phi) is 5.18. The molecule has 0 saturated heterocycles. The van der Waals surface area contributed by atoms with Crippen LogP contribution < -0.4 is 45.9 Å². The summed E-state index contributed by atoms with van der Waals surface area (Å²) in [5.74, 6) is 0. The van der Waals surface area contributed by atoms with E-state index in [2.05, 4.69) is 0 Å². The molecular weight excluding hydrogens is 376 g/mol. The van der Waals surface area contributed by atoms with Gasteiger partial charge in [0.2, 0.25) is 0 Å². The van der Waals surface area contributed by atoms with Crippen molar-refractivity contribution in [1.82, 2.24) is 0 Å². The lowest BCUT2D eigenvalue weighted by atomic mass is 9.90. The van der Waals surface area contributed by atoms with Crippen LogP contribution in [0.2, 0.25) is 0 Å². The number of anilines is 8. The number of hydrogen-bond acceptors (Lipinski definition) is 8. The maximum absolute atomic E-state index is 6.47. The van der Waals surface area contributed by atoms with Gasteiger partial charge in [0.25, 0.3) is 0 Å². The molecule has 0 aliphatic rings. The highest BCUT2D eigenvalue weighted by Gasteiger charge is 2.17. The number of aryl methyl sites for hydroxylation is 2. The third-order valence-electron chi connectivity index (χ3n) is 5.68. The third-order valence-corrected chi connectivity index (χ3v) is 5.68. The molecule has 0 amide bonds. The molecule has 0 bridgehead atoms. The Labute approximate surface area is 176 Å². The molecule has 3 aromatic carbocycles. The van der Waals surface area contributed by atoms with Gasteiger partial charge in [-0.15, -0.1) is 0 Å². The molecule has 0 unspecified atom stereocenters. The van der Waals surface area contributed by atoms with Crippen LogP contribution in [0.3, 0.4) is 0 Å². The number of nitrogen functional groups attached to an aromatic ring is 8. The topological polar surface area (TPSA) is 208 Å². The second kappa shape index (κ2) is 7.47. The third kappa shape index (κ3) is 3.43. The minimum Gasteiger partial charge on any atom is -0.398 e. The smallest absolute Gasteiger partial charge is 0.0785 e. The van der Waals surface area contributed by atoms with E-state index < -0.39 is 0 Å². The fourth-order valence-corrected chi connectivity index (χ4v) is 3.83. The molecule has 0 spiro atoms. The summed E-state index contributed by atoms with van der Waals surface area (Å²) in [5.41, 5.74) is 58.0. The van der Waals surface area contributed by atoms with Crippen molar-refractivity contribution >= 4 is 45.5 Å². The monoisotopic (exact) mass is 406 g/mol. The van der Waals surface area contributed by atoms with Gasteiger partial charge in [-0.3, -0.25) is 0 Å². The summed E-state index contributed by atoms with van der Waals surface area (Å²) >= 11 is 0. The van der Waals surface area contributed by atoms with Crippen molar-refractivity contribution in [2.45, 2.75) is 26.7 Å². The zero-order valence-electron chi connectivity index (χ0n) is 17.3. The van der Waals surface area contributed by atoms with Gasteiger partial charge < -0.3 is 45.9 Å². The molecule has 0 radical (unpaired) electrons. The molecule has 0 heterocycles. The van der Waals surface area contributed by atoms with Gasteiger partial charge in [-0.05, 0) is 73.2 Å². The molecule has 0 aliphatic heterocycles.